The highest BCUT2D eigenvalue weighted by Crippen LogP contribution is 2.30. The molecule has 0 heterocycles. The Bertz CT molecular complexity index is 386. The quantitative estimate of drug-likeness (QED) is 0.589. The molecule has 0 aromatic heterocycles. The van der Waals surface area contributed by atoms with Gasteiger partial charge in [-0.1, -0.05) is 29.8 Å². The molecule has 4 heteroatoms. The van der Waals surface area contributed by atoms with Gasteiger partial charge in [0.25, 0.3) is 0 Å². The maximum atomic E-state index is 5.22. The average Bonchev–Trinajstić information content (AvgIpc) is 2.40. The van der Waals surface area contributed by atoms with Gasteiger partial charge in [-0.25, -0.2) is 0 Å². The van der Waals surface area contributed by atoms with Gasteiger partial charge in [0.05, 0.1) is 0 Å². The molecule has 2 unspecified atom stereocenters. The molecule has 0 amide bonds. The van der Waals surface area contributed by atoms with Gasteiger partial charge in [-0.15, -0.1) is 0 Å². The summed E-state index contributed by atoms with van der Waals surface area (Å²) in [6.07, 6.45) is 2.22. The van der Waals surface area contributed by atoms with Gasteiger partial charge < -0.3 is 10.1 Å². The van der Waals surface area contributed by atoms with Gasteiger partial charge in [-0.2, -0.15) is 0 Å². The van der Waals surface area contributed by atoms with Crippen LogP contribution in [0, 0.1) is 9.49 Å². The van der Waals surface area contributed by atoms with Gasteiger partial charge in [0.2, 0.25) is 0 Å². The van der Waals surface area contributed by atoms with Crippen LogP contribution in [0.1, 0.15) is 38.3 Å². The predicted molar refractivity (Wildman–Crippen MR) is 93.6 cm³/mol. The van der Waals surface area contributed by atoms with E-state index in [4.69, 9.17) is 4.74 Å². The van der Waals surface area contributed by atoms with Crippen molar-refractivity contribution in [2.24, 2.45) is 5.92 Å². The molecule has 0 aliphatic heterocycles. The van der Waals surface area contributed by atoms with E-state index in [2.05, 4.69) is 75.9 Å². The molecule has 2 atom stereocenters. The van der Waals surface area contributed by atoms with Gasteiger partial charge in [-0.3, -0.25) is 0 Å². The molecule has 108 valence electrons. The number of ether oxygens (including phenoxy) is 1. The zero-order valence-corrected chi connectivity index (χ0v) is 15.6. The number of rotatable bonds is 8. The molecular formula is C15H23BrINO. The van der Waals surface area contributed by atoms with Crippen LogP contribution in [-0.2, 0) is 4.74 Å². The lowest BCUT2D eigenvalue weighted by Crippen LogP contribution is -2.29. The fraction of sp³-hybridized carbons (Fsp3) is 0.600. The highest BCUT2D eigenvalue weighted by Gasteiger charge is 2.20. The molecule has 19 heavy (non-hydrogen) atoms. The SMILES string of the molecule is CCCNC(c1cc(Br)ccc1I)C(C)CCOC. The number of benzene rings is 1. The molecule has 1 aromatic carbocycles. The Morgan fingerprint density at radius 1 is 1.42 bits per heavy atom. The summed E-state index contributed by atoms with van der Waals surface area (Å²) in [5.41, 5.74) is 1.38. The number of hydrogen-bond donors (Lipinski definition) is 1. The standard InChI is InChI=1S/C15H23BrINO/c1-4-8-18-15(11(2)7-9-19-3)13-10-12(16)5-6-14(13)17/h5-6,10-11,15,18H,4,7-9H2,1-3H3. The second-order valence-corrected chi connectivity index (χ2v) is 6.93. The first-order valence-corrected chi connectivity index (χ1v) is 8.64. The van der Waals surface area contributed by atoms with Crippen molar-refractivity contribution in [3.63, 3.8) is 0 Å². The van der Waals surface area contributed by atoms with Crippen LogP contribution in [0.3, 0.4) is 0 Å². The molecule has 0 saturated heterocycles. The Labute approximate surface area is 139 Å². The summed E-state index contributed by atoms with van der Waals surface area (Å²) in [5.74, 6) is 0.550. The fourth-order valence-corrected chi connectivity index (χ4v) is 3.19. The van der Waals surface area contributed by atoms with Crippen molar-refractivity contribution in [2.75, 3.05) is 20.3 Å². The molecule has 2 nitrogen and oxygen atoms in total. The van der Waals surface area contributed by atoms with Crippen LogP contribution >= 0.6 is 38.5 Å². The van der Waals surface area contributed by atoms with Crippen molar-refractivity contribution in [3.05, 3.63) is 31.8 Å². The third-order valence-corrected chi connectivity index (χ3v) is 4.73. The van der Waals surface area contributed by atoms with Crippen LogP contribution in [0.4, 0.5) is 0 Å². The Kier molecular flexibility index (Phi) is 8.53. The summed E-state index contributed by atoms with van der Waals surface area (Å²) < 4.78 is 7.68. The highest BCUT2D eigenvalue weighted by atomic mass is 127. The summed E-state index contributed by atoms with van der Waals surface area (Å²) in [4.78, 5) is 0. The molecule has 0 saturated carbocycles. The Morgan fingerprint density at radius 3 is 2.79 bits per heavy atom. The molecule has 0 aliphatic carbocycles. The van der Waals surface area contributed by atoms with Crippen molar-refractivity contribution in [2.45, 2.75) is 32.7 Å². The highest BCUT2D eigenvalue weighted by molar-refractivity contribution is 14.1. The van der Waals surface area contributed by atoms with Crippen molar-refractivity contribution >= 4 is 38.5 Å². The van der Waals surface area contributed by atoms with E-state index < -0.39 is 0 Å². The van der Waals surface area contributed by atoms with Gasteiger partial charge >= 0.3 is 0 Å². The predicted octanol–water partition coefficient (Wildman–Crippen LogP) is 4.77. The third-order valence-electron chi connectivity index (χ3n) is 3.25. The van der Waals surface area contributed by atoms with Crippen LogP contribution in [-0.4, -0.2) is 20.3 Å². The molecule has 0 spiro atoms. The monoisotopic (exact) mass is 439 g/mol. The van der Waals surface area contributed by atoms with E-state index in [0.717, 1.165) is 30.5 Å². The number of methoxy groups -OCH3 is 1. The van der Waals surface area contributed by atoms with Gasteiger partial charge in [0.1, 0.15) is 0 Å². The van der Waals surface area contributed by atoms with E-state index in [1.165, 1.54) is 9.13 Å². The summed E-state index contributed by atoms with van der Waals surface area (Å²) in [6, 6.07) is 6.89. The second kappa shape index (κ2) is 9.32. The van der Waals surface area contributed by atoms with E-state index in [0.29, 0.717) is 12.0 Å². The summed E-state index contributed by atoms with van der Waals surface area (Å²) in [7, 11) is 1.77. The van der Waals surface area contributed by atoms with Crippen molar-refractivity contribution < 1.29 is 4.74 Å². The van der Waals surface area contributed by atoms with E-state index in [1.54, 1.807) is 7.11 Å². The zero-order chi connectivity index (χ0) is 14.3. The van der Waals surface area contributed by atoms with E-state index in [1.807, 2.05) is 0 Å². The van der Waals surface area contributed by atoms with Crippen LogP contribution in [0.25, 0.3) is 0 Å². The third kappa shape index (κ3) is 5.69. The maximum Gasteiger partial charge on any atom is 0.0465 e. The molecule has 0 bridgehead atoms. The minimum atomic E-state index is 0.388. The van der Waals surface area contributed by atoms with Crippen LogP contribution in [0.5, 0.6) is 0 Å². The van der Waals surface area contributed by atoms with Gasteiger partial charge in [0, 0.05) is 27.8 Å². The summed E-state index contributed by atoms with van der Waals surface area (Å²) >= 11 is 6.00. The molecule has 1 N–H and O–H groups in total. The minimum absolute atomic E-state index is 0.388. The lowest BCUT2D eigenvalue weighted by Gasteiger charge is -2.27. The number of nitrogens with one attached hydrogen (secondary N) is 1. The van der Waals surface area contributed by atoms with Crippen LogP contribution < -0.4 is 5.32 Å². The normalized spacial score (nSPS) is 14.4. The first-order valence-electron chi connectivity index (χ1n) is 6.77. The molecule has 0 aliphatic rings. The van der Waals surface area contributed by atoms with E-state index in [-0.39, 0.29) is 0 Å². The Hall–Kier alpha value is 0.350. The molecule has 1 rings (SSSR count). The Balaban J connectivity index is 2.91. The molecule has 1 aromatic rings. The summed E-state index contributed by atoms with van der Waals surface area (Å²) in [6.45, 7) is 6.36. The smallest absolute Gasteiger partial charge is 0.0465 e. The lowest BCUT2D eigenvalue weighted by molar-refractivity contribution is 0.170. The number of hydrogen-bond acceptors (Lipinski definition) is 2. The van der Waals surface area contributed by atoms with E-state index >= 15 is 0 Å². The zero-order valence-electron chi connectivity index (χ0n) is 11.9. The number of halogens is 2. The largest absolute Gasteiger partial charge is 0.385 e. The maximum absolute atomic E-state index is 5.22. The average molecular weight is 440 g/mol. The van der Waals surface area contributed by atoms with E-state index in [9.17, 15) is 0 Å². The Morgan fingerprint density at radius 2 is 2.16 bits per heavy atom. The van der Waals surface area contributed by atoms with Crippen LogP contribution in [0.2, 0.25) is 0 Å². The van der Waals surface area contributed by atoms with Crippen molar-refractivity contribution in [1.82, 2.24) is 5.32 Å². The lowest BCUT2D eigenvalue weighted by atomic mass is 9.92. The van der Waals surface area contributed by atoms with Gasteiger partial charge in [-0.05, 0) is 71.7 Å². The molecule has 0 radical (unpaired) electrons. The molecular weight excluding hydrogens is 417 g/mol. The first-order chi connectivity index (χ1) is 9.10. The first kappa shape index (κ1) is 17.4. The molecule has 0 fully saturated rings. The van der Waals surface area contributed by atoms with Gasteiger partial charge in [0.15, 0.2) is 0 Å². The van der Waals surface area contributed by atoms with Crippen molar-refractivity contribution in [3.8, 4) is 0 Å². The fourth-order valence-electron chi connectivity index (χ4n) is 2.14. The van der Waals surface area contributed by atoms with Crippen LogP contribution in [0.15, 0.2) is 22.7 Å². The minimum Gasteiger partial charge on any atom is -0.385 e. The van der Waals surface area contributed by atoms with Crippen molar-refractivity contribution in [1.29, 1.82) is 0 Å². The second-order valence-electron chi connectivity index (χ2n) is 4.86. The topological polar surface area (TPSA) is 21.3 Å². The summed E-state index contributed by atoms with van der Waals surface area (Å²) in [5, 5.41) is 3.68.